The normalized spacial score (nSPS) is 10.4. The Labute approximate surface area is 132 Å². The summed E-state index contributed by atoms with van der Waals surface area (Å²) in [5.74, 6) is 1.72. The van der Waals surface area contributed by atoms with Gasteiger partial charge in [-0.05, 0) is 37.8 Å². The van der Waals surface area contributed by atoms with E-state index in [1.807, 2.05) is 18.3 Å². The molecule has 0 atom stereocenters. The van der Waals surface area contributed by atoms with E-state index in [1.54, 1.807) is 7.11 Å². The number of aryl methyl sites for hydroxylation is 2. The Balaban J connectivity index is 1.96. The molecule has 0 saturated heterocycles. The van der Waals surface area contributed by atoms with Crippen LogP contribution in [0.2, 0.25) is 0 Å². The highest BCUT2D eigenvalue weighted by atomic mass is 16.5. The number of benzene rings is 1. The SMILES string of the molecule is [C-]#[N+]CCCCCCc1cnc(-c2c(C)cccc2OC)[nH]1. The molecule has 0 bridgehead atoms. The number of nitrogens with zero attached hydrogens (tertiary/aromatic N) is 2. The van der Waals surface area contributed by atoms with E-state index in [-0.39, 0.29) is 0 Å². The number of aromatic amines is 1. The largest absolute Gasteiger partial charge is 0.496 e. The molecule has 0 aliphatic carbocycles. The minimum Gasteiger partial charge on any atom is -0.496 e. The molecular weight excluding hydrogens is 274 g/mol. The second kappa shape index (κ2) is 8.23. The molecule has 0 radical (unpaired) electrons. The van der Waals surface area contributed by atoms with Crippen molar-refractivity contribution >= 4 is 0 Å². The van der Waals surface area contributed by atoms with Gasteiger partial charge in [0.05, 0.1) is 12.7 Å². The summed E-state index contributed by atoms with van der Waals surface area (Å²) in [6.07, 6.45) is 7.36. The van der Waals surface area contributed by atoms with Gasteiger partial charge in [-0.2, -0.15) is 0 Å². The monoisotopic (exact) mass is 297 g/mol. The van der Waals surface area contributed by atoms with Crippen LogP contribution in [-0.4, -0.2) is 23.6 Å². The Hall–Kier alpha value is -2.28. The van der Waals surface area contributed by atoms with Gasteiger partial charge in [-0.15, -0.1) is 0 Å². The summed E-state index contributed by atoms with van der Waals surface area (Å²) < 4.78 is 5.44. The minimum absolute atomic E-state index is 0.654. The summed E-state index contributed by atoms with van der Waals surface area (Å²) >= 11 is 0. The van der Waals surface area contributed by atoms with E-state index in [0.29, 0.717) is 6.54 Å². The molecule has 22 heavy (non-hydrogen) atoms. The van der Waals surface area contributed by atoms with E-state index in [9.17, 15) is 0 Å². The number of unbranched alkanes of at least 4 members (excludes halogenated alkanes) is 3. The van der Waals surface area contributed by atoms with Crippen LogP contribution in [0, 0.1) is 13.5 Å². The molecule has 2 aromatic rings. The van der Waals surface area contributed by atoms with Gasteiger partial charge in [0.15, 0.2) is 0 Å². The standard InChI is InChI=1S/C18H23N3O/c1-14-9-8-11-16(22-3)17(14)18-20-13-15(21-18)10-6-4-5-7-12-19-2/h8-9,11,13H,4-7,10,12H2,1,3H3,(H,20,21). The number of hydrogen-bond acceptors (Lipinski definition) is 2. The summed E-state index contributed by atoms with van der Waals surface area (Å²) in [7, 11) is 1.69. The fraction of sp³-hybridized carbons (Fsp3) is 0.444. The molecule has 0 amide bonds. The maximum atomic E-state index is 6.75. The molecule has 1 aromatic carbocycles. The third kappa shape index (κ3) is 4.11. The second-order valence-corrected chi connectivity index (χ2v) is 5.46. The lowest BCUT2D eigenvalue weighted by molar-refractivity contribution is 0.416. The molecular formula is C18H23N3O. The maximum Gasteiger partial charge on any atom is 0.214 e. The summed E-state index contributed by atoms with van der Waals surface area (Å²) in [4.78, 5) is 11.3. The van der Waals surface area contributed by atoms with Gasteiger partial charge in [0.2, 0.25) is 6.54 Å². The Morgan fingerprint density at radius 2 is 2.05 bits per heavy atom. The first-order chi connectivity index (χ1) is 10.8. The van der Waals surface area contributed by atoms with Crippen LogP contribution in [0.15, 0.2) is 24.4 Å². The highest BCUT2D eigenvalue weighted by molar-refractivity contribution is 5.68. The van der Waals surface area contributed by atoms with Crippen LogP contribution in [0.5, 0.6) is 5.75 Å². The van der Waals surface area contributed by atoms with E-state index >= 15 is 0 Å². The van der Waals surface area contributed by atoms with Crippen LogP contribution in [0.1, 0.15) is 36.9 Å². The first kappa shape index (κ1) is 16.1. The third-order valence-electron chi connectivity index (χ3n) is 3.79. The van der Waals surface area contributed by atoms with Gasteiger partial charge in [0, 0.05) is 18.3 Å². The van der Waals surface area contributed by atoms with E-state index in [2.05, 4.69) is 27.8 Å². The summed E-state index contributed by atoms with van der Waals surface area (Å²) in [6.45, 7) is 9.47. The van der Waals surface area contributed by atoms with Crippen molar-refractivity contribution in [3.63, 3.8) is 0 Å². The molecule has 2 rings (SSSR count). The number of nitrogens with one attached hydrogen (secondary N) is 1. The van der Waals surface area contributed by atoms with Crippen LogP contribution in [-0.2, 0) is 6.42 Å². The molecule has 0 spiro atoms. The van der Waals surface area contributed by atoms with Gasteiger partial charge in [0.1, 0.15) is 11.6 Å². The molecule has 1 heterocycles. The molecule has 4 nitrogen and oxygen atoms in total. The van der Waals surface area contributed by atoms with Gasteiger partial charge >= 0.3 is 0 Å². The number of imidazole rings is 1. The lowest BCUT2D eigenvalue weighted by atomic mass is 10.1. The second-order valence-electron chi connectivity index (χ2n) is 5.46. The molecule has 0 saturated carbocycles. The molecule has 0 fully saturated rings. The zero-order chi connectivity index (χ0) is 15.8. The van der Waals surface area contributed by atoms with Gasteiger partial charge in [-0.25, -0.2) is 11.6 Å². The number of aromatic nitrogens is 2. The third-order valence-corrected chi connectivity index (χ3v) is 3.79. The van der Waals surface area contributed by atoms with E-state index in [4.69, 9.17) is 11.3 Å². The van der Waals surface area contributed by atoms with Gasteiger partial charge < -0.3 is 14.6 Å². The Morgan fingerprint density at radius 1 is 1.23 bits per heavy atom. The Morgan fingerprint density at radius 3 is 2.82 bits per heavy atom. The molecule has 0 unspecified atom stereocenters. The number of H-pyrrole nitrogens is 1. The van der Waals surface area contributed by atoms with Crippen molar-refractivity contribution < 1.29 is 4.74 Å². The smallest absolute Gasteiger partial charge is 0.214 e. The molecule has 1 N–H and O–H groups in total. The molecule has 0 aliphatic rings. The van der Waals surface area contributed by atoms with Crippen molar-refractivity contribution in [2.24, 2.45) is 0 Å². The van der Waals surface area contributed by atoms with Crippen molar-refractivity contribution in [1.82, 2.24) is 9.97 Å². The average molecular weight is 297 g/mol. The molecule has 1 aromatic heterocycles. The van der Waals surface area contributed by atoms with Crippen molar-refractivity contribution in [2.45, 2.75) is 39.0 Å². The quantitative estimate of drug-likeness (QED) is 0.579. The topological polar surface area (TPSA) is 42.3 Å². The maximum absolute atomic E-state index is 6.75. The van der Waals surface area contributed by atoms with Crippen molar-refractivity contribution in [2.75, 3.05) is 13.7 Å². The number of hydrogen-bond donors (Lipinski definition) is 1. The van der Waals surface area contributed by atoms with E-state index in [0.717, 1.165) is 60.5 Å². The summed E-state index contributed by atoms with van der Waals surface area (Å²) in [5, 5.41) is 0. The molecule has 0 aliphatic heterocycles. The lowest BCUT2D eigenvalue weighted by Gasteiger charge is -2.08. The Kier molecular flexibility index (Phi) is 6.02. The summed E-state index contributed by atoms with van der Waals surface area (Å²) in [6, 6.07) is 6.02. The predicted octanol–water partition coefficient (Wildman–Crippen LogP) is 4.42. The molecule has 116 valence electrons. The first-order valence-corrected chi connectivity index (χ1v) is 7.77. The van der Waals surface area contributed by atoms with Crippen LogP contribution in [0.3, 0.4) is 0 Å². The van der Waals surface area contributed by atoms with Gasteiger partial charge in [-0.1, -0.05) is 18.6 Å². The zero-order valence-corrected chi connectivity index (χ0v) is 13.4. The fourth-order valence-electron chi connectivity index (χ4n) is 2.59. The van der Waals surface area contributed by atoms with Crippen LogP contribution >= 0.6 is 0 Å². The van der Waals surface area contributed by atoms with E-state index in [1.165, 1.54) is 0 Å². The Bertz CT molecular complexity index is 640. The minimum atomic E-state index is 0.654. The highest BCUT2D eigenvalue weighted by Crippen LogP contribution is 2.30. The van der Waals surface area contributed by atoms with Crippen molar-refractivity contribution in [3.05, 3.63) is 47.1 Å². The first-order valence-electron chi connectivity index (χ1n) is 7.77. The lowest BCUT2D eigenvalue weighted by Crippen LogP contribution is -1.93. The van der Waals surface area contributed by atoms with Crippen LogP contribution in [0.25, 0.3) is 16.2 Å². The predicted molar refractivity (Wildman–Crippen MR) is 89.0 cm³/mol. The van der Waals surface area contributed by atoms with Gasteiger partial charge in [0.25, 0.3) is 0 Å². The molecule has 4 heteroatoms. The van der Waals surface area contributed by atoms with E-state index < -0.39 is 0 Å². The number of ether oxygens (including phenoxy) is 1. The average Bonchev–Trinajstić information content (AvgIpc) is 2.98. The van der Waals surface area contributed by atoms with Crippen LogP contribution in [0.4, 0.5) is 0 Å². The zero-order valence-electron chi connectivity index (χ0n) is 13.4. The van der Waals surface area contributed by atoms with Crippen molar-refractivity contribution in [3.8, 4) is 17.1 Å². The fourth-order valence-corrected chi connectivity index (χ4v) is 2.59. The highest BCUT2D eigenvalue weighted by Gasteiger charge is 2.12. The van der Waals surface area contributed by atoms with Crippen LogP contribution < -0.4 is 4.74 Å². The number of rotatable bonds is 8. The summed E-state index contributed by atoms with van der Waals surface area (Å²) in [5.41, 5.74) is 3.35. The van der Waals surface area contributed by atoms with Gasteiger partial charge in [-0.3, -0.25) is 0 Å². The van der Waals surface area contributed by atoms with Crippen molar-refractivity contribution in [1.29, 1.82) is 0 Å². The number of methoxy groups -OCH3 is 1.